The van der Waals surface area contributed by atoms with Gasteiger partial charge in [-0.3, -0.25) is 4.90 Å². The third kappa shape index (κ3) is 8.03. The van der Waals surface area contributed by atoms with Gasteiger partial charge in [-0.15, -0.1) is 12.4 Å². The summed E-state index contributed by atoms with van der Waals surface area (Å²) in [5, 5.41) is 19.6. The molecule has 0 atom stereocenters. The minimum Gasteiger partial charge on any atom is -0.529 e. The number of amides is 1. The highest BCUT2D eigenvalue weighted by atomic mass is 35.5. The number of para-hydroxylation sites is 2. The number of likely N-dealkylation sites (N-methyl/N-ethyl adjacent to an activating group) is 1. The van der Waals surface area contributed by atoms with E-state index in [0.29, 0.717) is 18.0 Å². The minimum atomic E-state index is -1.24. The van der Waals surface area contributed by atoms with E-state index in [0.717, 1.165) is 24.5 Å². The van der Waals surface area contributed by atoms with Gasteiger partial charge in [-0.25, -0.2) is 0 Å². The van der Waals surface area contributed by atoms with Crippen molar-refractivity contribution in [2.75, 3.05) is 31.1 Å². The number of anilines is 2. The number of rotatable bonds is 6. The van der Waals surface area contributed by atoms with Gasteiger partial charge in [0, 0.05) is 11.4 Å². The number of aliphatic hydroxyl groups is 1. The maximum absolute atomic E-state index is 11.1. The van der Waals surface area contributed by atoms with Crippen LogP contribution in [0.5, 0.6) is 0 Å². The number of nitrogens with zero attached hydrogens (tertiary/aromatic N) is 1. The standard InChI is InChI=1S/C13H11NO2.C6H15NO.ClH/c15-13(16)14(11-7-3-1-4-8-11)12-9-5-2-6-10-12;1-3-7(4-2)5-6-8;/h1-10H,(H,15,16);8H,3-6H2,1-2H3;1H. The molecule has 2 N–H and O–H groups in total. The number of carbonyl (C=O) groups excluding carboxylic acids is 1. The molecule has 2 rings (SSSR count). The van der Waals surface area contributed by atoms with E-state index in [1.807, 2.05) is 12.1 Å². The number of carbonyl (C=O) groups is 1. The first-order chi connectivity index (χ1) is 11.6. The summed E-state index contributed by atoms with van der Waals surface area (Å²) in [7, 11) is 0. The lowest BCUT2D eigenvalue weighted by atomic mass is 10.2. The molecule has 2 aromatic rings. The molecule has 5 nitrogen and oxygen atoms in total. The number of halogens is 1. The second-order valence-corrected chi connectivity index (χ2v) is 5.20. The first-order valence-electron chi connectivity index (χ1n) is 8.19. The van der Waals surface area contributed by atoms with Gasteiger partial charge in [0.25, 0.3) is 0 Å². The van der Waals surface area contributed by atoms with Crippen LogP contribution < -0.4 is 14.9 Å². The molecule has 0 aromatic heterocycles. The minimum absolute atomic E-state index is 0. The molecule has 0 aliphatic rings. The fourth-order valence-electron chi connectivity index (χ4n) is 2.28. The Morgan fingerprint density at radius 3 is 1.60 bits per heavy atom. The molecule has 138 valence electrons. The molecule has 0 fully saturated rings. The van der Waals surface area contributed by atoms with Crippen LogP contribution in [0, 0.1) is 0 Å². The number of hydrogen-bond acceptors (Lipinski definition) is 3. The topological polar surface area (TPSA) is 68.0 Å². The van der Waals surface area contributed by atoms with Gasteiger partial charge in [-0.05, 0) is 38.1 Å². The summed E-state index contributed by atoms with van der Waals surface area (Å²) >= 11 is 0. The van der Waals surface area contributed by atoms with Crippen molar-refractivity contribution in [3.05, 3.63) is 60.7 Å². The molecule has 0 saturated heterocycles. The molecule has 0 radical (unpaired) electrons. The summed E-state index contributed by atoms with van der Waals surface area (Å²) in [5.74, 6) is 0. The number of aliphatic hydroxyl groups excluding tert-OH is 1. The molecule has 0 aliphatic heterocycles. The molecule has 0 unspecified atom stereocenters. The Morgan fingerprint density at radius 2 is 1.36 bits per heavy atom. The molecule has 0 heterocycles. The van der Waals surface area contributed by atoms with Crippen molar-refractivity contribution < 1.29 is 19.9 Å². The fourth-order valence-corrected chi connectivity index (χ4v) is 2.28. The van der Waals surface area contributed by atoms with Crippen molar-refractivity contribution in [1.82, 2.24) is 0 Å². The van der Waals surface area contributed by atoms with Crippen molar-refractivity contribution >= 4 is 29.9 Å². The molecule has 6 heteroatoms. The van der Waals surface area contributed by atoms with E-state index in [1.54, 1.807) is 48.5 Å². The molecule has 2 aromatic carbocycles. The van der Waals surface area contributed by atoms with Crippen LogP contribution >= 0.6 is 12.4 Å². The highest BCUT2D eigenvalue weighted by Crippen LogP contribution is 2.23. The second kappa shape index (κ2) is 13.2. The van der Waals surface area contributed by atoms with E-state index >= 15 is 0 Å². The number of quaternary nitrogens is 1. The maximum atomic E-state index is 11.1. The van der Waals surface area contributed by atoms with Gasteiger partial charge in [-0.1, -0.05) is 36.4 Å². The average molecular weight is 367 g/mol. The van der Waals surface area contributed by atoms with Crippen LogP contribution in [-0.2, 0) is 0 Å². The first kappa shape index (κ1) is 22.9. The van der Waals surface area contributed by atoms with Gasteiger partial charge < -0.3 is 19.9 Å². The summed E-state index contributed by atoms with van der Waals surface area (Å²) in [6, 6.07) is 17.7. The van der Waals surface area contributed by atoms with E-state index in [4.69, 9.17) is 5.11 Å². The Hall–Kier alpha value is -2.08. The van der Waals surface area contributed by atoms with Crippen LogP contribution in [-0.4, -0.2) is 37.4 Å². The van der Waals surface area contributed by atoms with Crippen LogP contribution in [0.3, 0.4) is 0 Å². The van der Waals surface area contributed by atoms with Gasteiger partial charge in [-0.2, -0.15) is 0 Å². The van der Waals surface area contributed by atoms with Gasteiger partial charge in [0.15, 0.2) is 0 Å². The molecule has 25 heavy (non-hydrogen) atoms. The Morgan fingerprint density at radius 1 is 0.960 bits per heavy atom. The Labute approximate surface area is 155 Å². The highest BCUT2D eigenvalue weighted by molar-refractivity contribution is 5.93. The van der Waals surface area contributed by atoms with Crippen LogP contribution in [0.1, 0.15) is 13.8 Å². The molecule has 0 saturated carbocycles. The second-order valence-electron chi connectivity index (χ2n) is 5.20. The summed E-state index contributed by atoms with van der Waals surface area (Å²) < 4.78 is 0. The normalized spacial score (nSPS) is 9.60. The summed E-state index contributed by atoms with van der Waals surface area (Å²) in [4.78, 5) is 13.7. The molecule has 0 bridgehead atoms. The van der Waals surface area contributed by atoms with E-state index < -0.39 is 6.09 Å². The zero-order valence-electron chi connectivity index (χ0n) is 14.7. The highest BCUT2D eigenvalue weighted by Gasteiger charge is 2.08. The van der Waals surface area contributed by atoms with Gasteiger partial charge in [0.05, 0.1) is 19.7 Å². The Bertz CT molecular complexity index is 538. The van der Waals surface area contributed by atoms with Crippen LogP contribution in [0.4, 0.5) is 16.2 Å². The Balaban J connectivity index is 0.000000552. The van der Waals surface area contributed by atoms with Gasteiger partial charge in [0.1, 0.15) is 12.6 Å². The van der Waals surface area contributed by atoms with Gasteiger partial charge >= 0.3 is 0 Å². The maximum Gasteiger partial charge on any atom is 0.146 e. The SMILES string of the molecule is CC[NH+](CC)CCO.Cl.O=C([O-])N(c1ccccc1)c1ccccc1. The number of hydrogen-bond donors (Lipinski definition) is 2. The predicted octanol–water partition coefficient (Wildman–Crippen LogP) is 1.49. The van der Waals surface area contributed by atoms with Gasteiger partial charge in [0.2, 0.25) is 0 Å². The molecule has 0 spiro atoms. The van der Waals surface area contributed by atoms with Crippen LogP contribution in [0.15, 0.2) is 60.7 Å². The van der Waals surface area contributed by atoms with E-state index in [-0.39, 0.29) is 12.4 Å². The number of carboxylic acid groups (broad SMARTS) is 1. The fraction of sp³-hybridized carbons (Fsp3) is 0.316. The first-order valence-corrected chi connectivity index (χ1v) is 8.19. The quantitative estimate of drug-likeness (QED) is 0.814. The molecular weight excluding hydrogens is 340 g/mol. The van der Waals surface area contributed by atoms with Crippen molar-refractivity contribution in [3.8, 4) is 0 Å². The summed E-state index contributed by atoms with van der Waals surface area (Å²) in [6.45, 7) is 7.72. The predicted molar refractivity (Wildman–Crippen MR) is 102 cm³/mol. The monoisotopic (exact) mass is 366 g/mol. The van der Waals surface area contributed by atoms with Crippen LogP contribution in [0.2, 0.25) is 0 Å². The van der Waals surface area contributed by atoms with Crippen molar-refractivity contribution in [2.45, 2.75) is 13.8 Å². The van der Waals surface area contributed by atoms with Crippen molar-refractivity contribution in [1.29, 1.82) is 0 Å². The summed E-state index contributed by atoms with van der Waals surface area (Å²) in [5.41, 5.74) is 1.16. The van der Waals surface area contributed by atoms with Crippen molar-refractivity contribution in [2.24, 2.45) is 0 Å². The largest absolute Gasteiger partial charge is 0.529 e. The third-order valence-corrected chi connectivity index (χ3v) is 3.68. The number of nitrogens with one attached hydrogen (secondary N) is 1. The number of benzene rings is 2. The lowest BCUT2D eigenvalue weighted by molar-refractivity contribution is -0.896. The summed E-state index contributed by atoms with van der Waals surface area (Å²) in [6.07, 6.45) is -1.24. The lowest BCUT2D eigenvalue weighted by Crippen LogP contribution is -3.11. The van der Waals surface area contributed by atoms with Crippen LogP contribution in [0.25, 0.3) is 0 Å². The van der Waals surface area contributed by atoms with E-state index in [2.05, 4.69) is 13.8 Å². The van der Waals surface area contributed by atoms with E-state index in [1.165, 1.54) is 4.90 Å². The lowest BCUT2D eigenvalue weighted by Gasteiger charge is -2.25. The smallest absolute Gasteiger partial charge is 0.146 e. The average Bonchev–Trinajstić information content (AvgIpc) is 2.62. The van der Waals surface area contributed by atoms with Crippen molar-refractivity contribution in [3.63, 3.8) is 0 Å². The zero-order chi connectivity index (χ0) is 17.8. The van der Waals surface area contributed by atoms with E-state index in [9.17, 15) is 9.90 Å². The third-order valence-electron chi connectivity index (χ3n) is 3.68. The Kier molecular flexibility index (Phi) is 12.1. The molecule has 1 amide bonds. The zero-order valence-corrected chi connectivity index (χ0v) is 15.5. The molecule has 0 aliphatic carbocycles. The molecular formula is C19H27ClN2O3.